The lowest BCUT2D eigenvalue weighted by Gasteiger charge is -2.35. The number of allylic oxidation sites excluding steroid dienone is 1. The topological polar surface area (TPSA) is 35.5 Å². The molecule has 2 rings (SSSR count). The van der Waals surface area contributed by atoms with Crippen LogP contribution in [0.5, 0.6) is 5.75 Å². The van der Waals surface area contributed by atoms with Crippen molar-refractivity contribution in [2.45, 2.75) is 18.9 Å². The second-order valence-electron chi connectivity index (χ2n) is 4.85. The summed E-state index contributed by atoms with van der Waals surface area (Å²) in [7, 11) is 0. The largest absolute Gasteiger partial charge is 0.506 e. The standard InChI is InChI=1S/C15H21ClN2O/c1-2-3-7-14(18-10-8-17-9-11-18)12-5-4-6-13(16)15(12)19/h2,4-6,14,17,19H,1,3,7-11H2/t14-/m1/s1. The number of hydrogen-bond donors (Lipinski definition) is 2. The van der Waals surface area contributed by atoms with Crippen LogP contribution in [0, 0.1) is 0 Å². The van der Waals surface area contributed by atoms with Gasteiger partial charge in [0, 0.05) is 37.8 Å². The molecule has 1 aromatic carbocycles. The first kappa shape index (κ1) is 14.4. The van der Waals surface area contributed by atoms with Crippen LogP contribution in [0.15, 0.2) is 30.9 Å². The van der Waals surface area contributed by atoms with Crippen molar-refractivity contribution >= 4 is 11.6 Å². The van der Waals surface area contributed by atoms with Crippen LogP contribution in [0.25, 0.3) is 0 Å². The van der Waals surface area contributed by atoms with E-state index in [0.717, 1.165) is 44.6 Å². The normalized spacial score (nSPS) is 18.2. The average Bonchev–Trinajstić information content (AvgIpc) is 2.45. The summed E-state index contributed by atoms with van der Waals surface area (Å²) in [4.78, 5) is 2.41. The third kappa shape index (κ3) is 3.50. The van der Waals surface area contributed by atoms with Crippen LogP contribution >= 0.6 is 11.6 Å². The van der Waals surface area contributed by atoms with Crippen molar-refractivity contribution in [1.29, 1.82) is 0 Å². The Labute approximate surface area is 119 Å². The Balaban J connectivity index is 2.24. The van der Waals surface area contributed by atoms with E-state index >= 15 is 0 Å². The molecule has 1 aromatic rings. The van der Waals surface area contributed by atoms with Crippen molar-refractivity contribution < 1.29 is 5.11 Å². The zero-order chi connectivity index (χ0) is 13.7. The minimum atomic E-state index is 0.207. The summed E-state index contributed by atoms with van der Waals surface area (Å²) in [6.07, 6.45) is 3.81. The van der Waals surface area contributed by atoms with Gasteiger partial charge in [0.25, 0.3) is 0 Å². The summed E-state index contributed by atoms with van der Waals surface area (Å²) in [5.74, 6) is 0.219. The van der Waals surface area contributed by atoms with E-state index in [1.54, 1.807) is 6.07 Å². The lowest BCUT2D eigenvalue weighted by Crippen LogP contribution is -2.45. The van der Waals surface area contributed by atoms with Gasteiger partial charge >= 0.3 is 0 Å². The fourth-order valence-corrected chi connectivity index (χ4v) is 2.79. The van der Waals surface area contributed by atoms with Crippen molar-refractivity contribution in [3.8, 4) is 5.75 Å². The van der Waals surface area contributed by atoms with Crippen LogP contribution in [0.3, 0.4) is 0 Å². The highest BCUT2D eigenvalue weighted by Crippen LogP contribution is 2.36. The maximum Gasteiger partial charge on any atom is 0.138 e. The average molecular weight is 281 g/mol. The summed E-state index contributed by atoms with van der Waals surface area (Å²) in [5.41, 5.74) is 0.927. The Hall–Kier alpha value is -1.03. The van der Waals surface area contributed by atoms with E-state index in [9.17, 15) is 5.11 Å². The Kier molecular flexibility index (Phi) is 5.25. The van der Waals surface area contributed by atoms with Crippen LogP contribution in [0.2, 0.25) is 5.02 Å². The third-order valence-electron chi connectivity index (χ3n) is 3.61. The molecule has 0 amide bonds. The molecule has 3 nitrogen and oxygen atoms in total. The first-order valence-corrected chi connectivity index (χ1v) is 7.15. The number of nitrogens with one attached hydrogen (secondary N) is 1. The minimum absolute atomic E-state index is 0.207. The molecule has 0 spiro atoms. The molecular weight excluding hydrogens is 260 g/mol. The molecule has 2 N–H and O–H groups in total. The van der Waals surface area contributed by atoms with Gasteiger partial charge in [0.15, 0.2) is 0 Å². The molecule has 1 heterocycles. The van der Waals surface area contributed by atoms with Crippen molar-refractivity contribution in [1.82, 2.24) is 10.2 Å². The number of hydrogen-bond acceptors (Lipinski definition) is 3. The molecule has 0 bridgehead atoms. The highest BCUT2D eigenvalue weighted by atomic mass is 35.5. The van der Waals surface area contributed by atoms with Crippen molar-refractivity contribution in [2.75, 3.05) is 26.2 Å². The summed E-state index contributed by atoms with van der Waals surface area (Å²) in [5, 5.41) is 14.0. The van der Waals surface area contributed by atoms with E-state index in [2.05, 4.69) is 16.8 Å². The SMILES string of the molecule is C=CCC[C@H](c1cccc(Cl)c1O)N1CCNCC1. The van der Waals surface area contributed by atoms with Gasteiger partial charge in [0.05, 0.1) is 5.02 Å². The van der Waals surface area contributed by atoms with E-state index in [0.29, 0.717) is 5.02 Å². The Morgan fingerprint density at radius 3 is 2.84 bits per heavy atom. The molecule has 0 unspecified atom stereocenters. The van der Waals surface area contributed by atoms with E-state index in [1.807, 2.05) is 18.2 Å². The lowest BCUT2D eigenvalue weighted by atomic mass is 9.98. The third-order valence-corrected chi connectivity index (χ3v) is 3.92. The Morgan fingerprint density at radius 1 is 1.42 bits per heavy atom. The van der Waals surface area contributed by atoms with Gasteiger partial charge in [-0.1, -0.05) is 29.8 Å². The van der Waals surface area contributed by atoms with Crippen LogP contribution in [-0.4, -0.2) is 36.2 Å². The molecule has 1 atom stereocenters. The lowest BCUT2D eigenvalue weighted by molar-refractivity contribution is 0.163. The molecule has 0 aromatic heterocycles. The van der Waals surface area contributed by atoms with Gasteiger partial charge < -0.3 is 10.4 Å². The van der Waals surface area contributed by atoms with Crippen LogP contribution in [0.1, 0.15) is 24.4 Å². The van der Waals surface area contributed by atoms with Gasteiger partial charge in [-0.15, -0.1) is 6.58 Å². The summed E-state index contributed by atoms with van der Waals surface area (Å²) < 4.78 is 0. The number of benzene rings is 1. The number of phenolic OH excluding ortho intramolecular Hbond substituents is 1. The number of piperazine rings is 1. The molecule has 4 heteroatoms. The van der Waals surface area contributed by atoms with E-state index in [4.69, 9.17) is 11.6 Å². The highest BCUT2D eigenvalue weighted by molar-refractivity contribution is 6.32. The van der Waals surface area contributed by atoms with Gasteiger partial charge in [-0.05, 0) is 18.9 Å². The van der Waals surface area contributed by atoms with Crippen LogP contribution in [0.4, 0.5) is 0 Å². The molecule has 1 saturated heterocycles. The molecule has 1 aliphatic rings. The van der Waals surface area contributed by atoms with Crippen molar-refractivity contribution in [2.24, 2.45) is 0 Å². The fourth-order valence-electron chi connectivity index (χ4n) is 2.61. The zero-order valence-electron chi connectivity index (χ0n) is 11.1. The fraction of sp³-hybridized carbons (Fsp3) is 0.467. The number of para-hydroxylation sites is 1. The Morgan fingerprint density at radius 2 is 2.16 bits per heavy atom. The van der Waals surface area contributed by atoms with E-state index < -0.39 is 0 Å². The molecule has 104 valence electrons. The second kappa shape index (κ2) is 6.94. The summed E-state index contributed by atoms with van der Waals surface area (Å²) in [6, 6.07) is 5.80. The van der Waals surface area contributed by atoms with Gasteiger partial charge in [-0.25, -0.2) is 0 Å². The Bertz CT molecular complexity index is 430. The predicted octanol–water partition coefficient (Wildman–Crippen LogP) is 2.96. The predicted molar refractivity (Wildman–Crippen MR) is 79.7 cm³/mol. The van der Waals surface area contributed by atoms with Crippen LogP contribution in [-0.2, 0) is 0 Å². The molecular formula is C15H21ClN2O. The molecule has 0 saturated carbocycles. The van der Waals surface area contributed by atoms with Crippen LogP contribution < -0.4 is 5.32 Å². The van der Waals surface area contributed by atoms with Gasteiger partial charge in [-0.3, -0.25) is 4.90 Å². The number of nitrogens with zero attached hydrogens (tertiary/aromatic N) is 1. The van der Waals surface area contributed by atoms with Gasteiger partial charge in [-0.2, -0.15) is 0 Å². The first-order valence-electron chi connectivity index (χ1n) is 6.77. The number of rotatable bonds is 5. The summed E-state index contributed by atoms with van der Waals surface area (Å²) >= 11 is 6.03. The monoisotopic (exact) mass is 280 g/mol. The zero-order valence-corrected chi connectivity index (χ0v) is 11.9. The summed E-state index contributed by atoms with van der Waals surface area (Å²) in [6.45, 7) is 7.76. The molecule has 19 heavy (non-hydrogen) atoms. The maximum atomic E-state index is 10.2. The number of aromatic hydroxyl groups is 1. The quantitative estimate of drug-likeness (QED) is 0.814. The maximum absolute atomic E-state index is 10.2. The molecule has 0 aliphatic carbocycles. The molecule has 1 aliphatic heterocycles. The first-order chi connectivity index (χ1) is 9.24. The van der Waals surface area contributed by atoms with Gasteiger partial charge in [0.2, 0.25) is 0 Å². The smallest absolute Gasteiger partial charge is 0.138 e. The second-order valence-corrected chi connectivity index (χ2v) is 5.25. The van der Waals surface area contributed by atoms with E-state index in [-0.39, 0.29) is 11.8 Å². The van der Waals surface area contributed by atoms with E-state index in [1.165, 1.54) is 0 Å². The molecule has 1 fully saturated rings. The van der Waals surface area contributed by atoms with Crippen molar-refractivity contribution in [3.05, 3.63) is 41.4 Å². The minimum Gasteiger partial charge on any atom is -0.506 e. The van der Waals surface area contributed by atoms with Crippen molar-refractivity contribution in [3.63, 3.8) is 0 Å². The molecule has 0 radical (unpaired) electrons. The number of halogens is 1. The van der Waals surface area contributed by atoms with Gasteiger partial charge in [0.1, 0.15) is 5.75 Å². The number of phenols is 1. The highest BCUT2D eigenvalue weighted by Gasteiger charge is 2.24.